The second kappa shape index (κ2) is 7.56. The first-order valence-electron chi connectivity index (χ1n) is 7.69. The number of benzene rings is 1. The van der Waals surface area contributed by atoms with E-state index in [4.69, 9.17) is 4.74 Å². The van der Waals surface area contributed by atoms with Crippen LogP contribution in [-0.2, 0) is 11.3 Å². The number of rotatable bonds is 5. The van der Waals surface area contributed by atoms with Gasteiger partial charge in [0.05, 0.1) is 12.8 Å². The van der Waals surface area contributed by atoms with Crippen molar-refractivity contribution < 1.29 is 13.9 Å². The van der Waals surface area contributed by atoms with Crippen LogP contribution in [0.15, 0.2) is 59.7 Å². The zero-order valence-electron chi connectivity index (χ0n) is 13.8. The van der Waals surface area contributed by atoms with Crippen LogP contribution in [0.5, 0.6) is 5.75 Å². The van der Waals surface area contributed by atoms with Gasteiger partial charge in [0.25, 0.3) is 5.56 Å². The van der Waals surface area contributed by atoms with Crippen LogP contribution in [0.1, 0.15) is 0 Å². The molecule has 0 spiro atoms. The van der Waals surface area contributed by atoms with E-state index in [1.165, 1.54) is 37.4 Å². The average molecular weight is 354 g/mol. The van der Waals surface area contributed by atoms with Crippen molar-refractivity contribution in [3.8, 4) is 17.0 Å². The lowest BCUT2D eigenvalue weighted by molar-refractivity contribution is -0.117. The van der Waals surface area contributed by atoms with Gasteiger partial charge in [-0.1, -0.05) is 0 Å². The number of ether oxygens (including phenoxy) is 1. The van der Waals surface area contributed by atoms with Crippen molar-refractivity contribution >= 4 is 11.6 Å². The predicted molar refractivity (Wildman–Crippen MR) is 93.3 cm³/mol. The highest BCUT2D eigenvalue weighted by atomic mass is 19.1. The molecule has 132 valence electrons. The second-order valence-electron chi connectivity index (χ2n) is 5.34. The summed E-state index contributed by atoms with van der Waals surface area (Å²) in [6.45, 7) is -0.265. The number of hydrogen-bond acceptors (Lipinski definition) is 5. The highest BCUT2D eigenvalue weighted by molar-refractivity contribution is 5.90. The fourth-order valence-electron chi connectivity index (χ4n) is 2.35. The Morgan fingerprint density at radius 3 is 2.69 bits per heavy atom. The number of carbonyl (C=O) groups is 1. The van der Waals surface area contributed by atoms with Crippen LogP contribution in [0, 0.1) is 5.82 Å². The maximum absolute atomic E-state index is 13.4. The van der Waals surface area contributed by atoms with Crippen LogP contribution in [0.4, 0.5) is 10.1 Å². The molecule has 0 atom stereocenters. The van der Waals surface area contributed by atoms with E-state index in [2.05, 4.69) is 15.4 Å². The quantitative estimate of drug-likeness (QED) is 0.758. The Morgan fingerprint density at radius 2 is 1.96 bits per heavy atom. The number of anilines is 1. The SMILES string of the molecule is COc1cc(F)ccc1-c1ccc(=O)n(CC(=O)Nc2ccncc2)n1. The van der Waals surface area contributed by atoms with Crippen molar-refractivity contribution in [3.63, 3.8) is 0 Å². The zero-order chi connectivity index (χ0) is 18.5. The van der Waals surface area contributed by atoms with Crippen LogP contribution in [-0.4, -0.2) is 27.8 Å². The minimum Gasteiger partial charge on any atom is -0.496 e. The predicted octanol–water partition coefficient (Wildman–Crippen LogP) is 2.09. The fraction of sp³-hybridized carbons (Fsp3) is 0.111. The van der Waals surface area contributed by atoms with Crippen molar-refractivity contribution in [1.82, 2.24) is 14.8 Å². The molecule has 0 aliphatic heterocycles. The summed E-state index contributed by atoms with van der Waals surface area (Å²) < 4.78 is 19.6. The van der Waals surface area contributed by atoms with Gasteiger partial charge in [0.15, 0.2) is 0 Å². The molecule has 0 unspecified atom stereocenters. The minimum atomic E-state index is -0.448. The number of amides is 1. The van der Waals surface area contributed by atoms with Crippen molar-refractivity contribution in [2.45, 2.75) is 6.54 Å². The Bertz CT molecular complexity index is 989. The summed E-state index contributed by atoms with van der Waals surface area (Å²) in [6.07, 6.45) is 3.09. The summed E-state index contributed by atoms with van der Waals surface area (Å²) in [4.78, 5) is 28.0. The molecule has 0 bridgehead atoms. The van der Waals surface area contributed by atoms with E-state index in [9.17, 15) is 14.0 Å². The average Bonchev–Trinajstić information content (AvgIpc) is 2.64. The molecule has 3 rings (SSSR count). The molecule has 0 saturated carbocycles. The Labute approximate surface area is 148 Å². The fourth-order valence-corrected chi connectivity index (χ4v) is 2.35. The van der Waals surface area contributed by atoms with Gasteiger partial charge in [0.2, 0.25) is 5.91 Å². The standard InChI is InChI=1S/C18H15FN4O3/c1-26-16-10-12(19)2-3-14(16)15-4-5-18(25)23(22-15)11-17(24)21-13-6-8-20-9-7-13/h2-10H,11H2,1H3,(H,20,21,24). The molecule has 26 heavy (non-hydrogen) atoms. The number of carbonyl (C=O) groups excluding carboxylic acids is 1. The first-order chi connectivity index (χ1) is 12.6. The highest BCUT2D eigenvalue weighted by Gasteiger charge is 2.12. The zero-order valence-corrected chi connectivity index (χ0v) is 13.8. The summed E-state index contributed by atoms with van der Waals surface area (Å²) in [7, 11) is 1.41. The lowest BCUT2D eigenvalue weighted by Gasteiger charge is -2.10. The minimum absolute atomic E-state index is 0.265. The molecule has 1 aromatic carbocycles. The molecule has 7 nitrogen and oxygen atoms in total. The molecule has 1 amide bonds. The first-order valence-corrected chi connectivity index (χ1v) is 7.69. The van der Waals surface area contributed by atoms with Crippen molar-refractivity contribution in [2.75, 3.05) is 12.4 Å². The summed E-state index contributed by atoms with van der Waals surface area (Å²) in [6, 6.07) is 10.1. The van der Waals surface area contributed by atoms with E-state index in [0.717, 1.165) is 4.68 Å². The number of pyridine rings is 1. The molecule has 3 aromatic rings. The van der Waals surface area contributed by atoms with Gasteiger partial charge in [-0.3, -0.25) is 14.6 Å². The van der Waals surface area contributed by atoms with Gasteiger partial charge in [-0.15, -0.1) is 0 Å². The summed E-state index contributed by atoms with van der Waals surface area (Å²) >= 11 is 0. The van der Waals surface area contributed by atoms with Gasteiger partial charge < -0.3 is 10.1 Å². The van der Waals surface area contributed by atoms with E-state index in [1.807, 2.05) is 0 Å². The summed E-state index contributed by atoms with van der Waals surface area (Å²) in [5.41, 5.74) is 1.03. The summed E-state index contributed by atoms with van der Waals surface area (Å²) in [5, 5.41) is 6.84. The Hall–Kier alpha value is -3.55. The number of aromatic nitrogens is 3. The maximum atomic E-state index is 13.4. The van der Waals surface area contributed by atoms with Crippen molar-refractivity contribution in [1.29, 1.82) is 0 Å². The molecule has 0 aliphatic carbocycles. The van der Waals surface area contributed by atoms with Crippen LogP contribution < -0.4 is 15.6 Å². The van der Waals surface area contributed by atoms with E-state index < -0.39 is 17.3 Å². The van der Waals surface area contributed by atoms with Crippen LogP contribution in [0.3, 0.4) is 0 Å². The van der Waals surface area contributed by atoms with Gasteiger partial charge in [0, 0.05) is 35.8 Å². The number of nitrogens with zero attached hydrogens (tertiary/aromatic N) is 3. The Balaban J connectivity index is 1.86. The highest BCUT2D eigenvalue weighted by Crippen LogP contribution is 2.28. The molecular formula is C18H15FN4O3. The number of halogens is 1. The molecule has 8 heteroatoms. The molecular weight excluding hydrogens is 339 g/mol. The third-order valence-electron chi connectivity index (χ3n) is 3.56. The van der Waals surface area contributed by atoms with Gasteiger partial charge in [-0.2, -0.15) is 5.10 Å². The van der Waals surface area contributed by atoms with E-state index >= 15 is 0 Å². The lowest BCUT2D eigenvalue weighted by atomic mass is 10.1. The Kier molecular flexibility index (Phi) is 5.02. The molecule has 0 saturated heterocycles. The maximum Gasteiger partial charge on any atom is 0.267 e. The normalized spacial score (nSPS) is 10.4. The third-order valence-corrected chi connectivity index (χ3v) is 3.56. The van der Waals surface area contributed by atoms with Gasteiger partial charge in [0.1, 0.15) is 18.1 Å². The lowest BCUT2D eigenvalue weighted by Crippen LogP contribution is -2.29. The largest absolute Gasteiger partial charge is 0.496 e. The summed E-state index contributed by atoms with van der Waals surface area (Å²) in [5.74, 6) is -0.575. The van der Waals surface area contributed by atoms with Gasteiger partial charge >= 0.3 is 0 Å². The smallest absolute Gasteiger partial charge is 0.267 e. The molecule has 0 fully saturated rings. The van der Waals surface area contributed by atoms with Crippen molar-refractivity contribution in [2.24, 2.45) is 0 Å². The molecule has 1 N–H and O–H groups in total. The molecule has 2 aromatic heterocycles. The number of hydrogen-bond donors (Lipinski definition) is 1. The molecule has 2 heterocycles. The Morgan fingerprint density at radius 1 is 1.19 bits per heavy atom. The van der Waals surface area contributed by atoms with E-state index in [1.54, 1.807) is 24.5 Å². The van der Waals surface area contributed by atoms with Gasteiger partial charge in [-0.05, 0) is 30.3 Å². The first kappa shape index (κ1) is 17.3. The van der Waals surface area contributed by atoms with Crippen LogP contribution in [0.25, 0.3) is 11.3 Å². The van der Waals surface area contributed by atoms with Crippen molar-refractivity contribution in [3.05, 3.63) is 71.0 Å². The van der Waals surface area contributed by atoms with E-state index in [0.29, 0.717) is 16.9 Å². The monoisotopic (exact) mass is 354 g/mol. The number of methoxy groups -OCH3 is 1. The van der Waals surface area contributed by atoms with Gasteiger partial charge in [-0.25, -0.2) is 9.07 Å². The molecule has 0 radical (unpaired) electrons. The number of nitrogens with one attached hydrogen (secondary N) is 1. The van der Waals surface area contributed by atoms with Crippen LogP contribution >= 0.6 is 0 Å². The topological polar surface area (TPSA) is 86.1 Å². The van der Waals surface area contributed by atoms with Crippen LogP contribution in [0.2, 0.25) is 0 Å². The second-order valence-corrected chi connectivity index (χ2v) is 5.34. The third kappa shape index (κ3) is 3.92. The molecule has 0 aliphatic rings. The van der Waals surface area contributed by atoms with E-state index in [-0.39, 0.29) is 12.3 Å².